The van der Waals surface area contributed by atoms with Crippen LogP contribution >= 0.6 is 0 Å². The van der Waals surface area contributed by atoms with E-state index in [4.69, 9.17) is 4.74 Å². The van der Waals surface area contributed by atoms with Crippen LogP contribution in [0.2, 0.25) is 0 Å². The summed E-state index contributed by atoms with van der Waals surface area (Å²) in [6.45, 7) is -0.141. The Kier molecular flexibility index (Phi) is 4.43. The van der Waals surface area contributed by atoms with Gasteiger partial charge in [0.2, 0.25) is 0 Å². The maximum Gasteiger partial charge on any atom is 0.341 e. The molecule has 0 saturated carbocycles. The monoisotopic (exact) mass is 327 g/mol. The number of nitrogens with one attached hydrogen (secondary N) is 1. The van der Waals surface area contributed by atoms with Crippen LogP contribution in [0.4, 0.5) is 0 Å². The molecule has 24 heavy (non-hydrogen) atoms. The van der Waals surface area contributed by atoms with Crippen LogP contribution in [0.5, 0.6) is 0 Å². The Hall–Kier alpha value is -2.93. The van der Waals surface area contributed by atoms with Crippen molar-refractivity contribution >= 4 is 5.97 Å². The van der Waals surface area contributed by atoms with Crippen LogP contribution in [0.25, 0.3) is 11.3 Å². The quantitative estimate of drug-likeness (QED) is 0.687. The van der Waals surface area contributed by atoms with Crippen LogP contribution in [-0.4, -0.2) is 39.6 Å². The number of fused-ring (bicyclic) bond motifs is 1. The summed E-state index contributed by atoms with van der Waals surface area (Å²) in [5.74, 6) is -0.586. The lowest BCUT2D eigenvalue weighted by molar-refractivity contribution is 0.0599. The number of nitrogens with zero attached hydrogens (tertiary/aromatic N) is 2. The molecule has 0 unspecified atom stereocenters. The Labute approximate surface area is 137 Å². The fourth-order valence-corrected chi connectivity index (χ4v) is 2.68. The third kappa shape index (κ3) is 2.93. The number of aromatic amines is 1. The fraction of sp³-hybridized carbons (Fsp3) is 0.235. The SMILES string of the molecule is COC(=O)c1cn([C@H](CO)Cc2ccccc2)cc2c(=O)[nH]nc1-2. The first kappa shape index (κ1) is 15.9. The standard InChI is InChI=1S/C17H17N3O4/c1-24-17(23)14-9-20(8-13-15(14)18-19-16(13)22)12(10-21)7-11-5-3-2-4-6-11/h2-6,8-9,12,21H,7,10H2,1H3,(H,19,22)/t12-/m0/s1. The Morgan fingerprint density at radius 1 is 1.33 bits per heavy atom. The van der Waals surface area contributed by atoms with Crippen LogP contribution in [0, 0.1) is 0 Å². The van der Waals surface area contributed by atoms with E-state index in [1.807, 2.05) is 30.3 Å². The number of rotatable bonds is 5. The molecular formula is C17H17N3O4. The number of carbonyl (C=O) groups is 1. The maximum absolute atomic E-state index is 12.0. The molecule has 2 aliphatic rings. The summed E-state index contributed by atoms with van der Waals surface area (Å²) in [5.41, 5.74) is 1.38. The predicted octanol–water partition coefficient (Wildman–Crippen LogP) is 1.24. The molecule has 0 saturated heterocycles. The summed E-state index contributed by atoms with van der Waals surface area (Å²) in [4.78, 5) is 23.9. The van der Waals surface area contributed by atoms with Crippen molar-refractivity contribution in [1.82, 2.24) is 14.8 Å². The second kappa shape index (κ2) is 6.67. The summed E-state index contributed by atoms with van der Waals surface area (Å²) in [5, 5.41) is 16.0. The van der Waals surface area contributed by atoms with Crippen molar-refractivity contribution < 1.29 is 14.6 Å². The molecule has 0 radical (unpaired) electrons. The van der Waals surface area contributed by atoms with Gasteiger partial charge in [0, 0.05) is 12.4 Å². The number of H-pyrrole nitrogens is 1. The number of carbonyl (C=O) groups excluding carboxylic acids is 1. The number of pyridine rings is 1. The fourth-order valence-electron chi connectivity index (χ4n) is 2.68. The maximum atomic E-state index is 12.0. The number of aromatic nitrogens is 3. The molecule has 124 valence electrons. The van der Waals surface area contributed by atoms with E-state index in [-0.39, 0.29) is 35.0 Å². The highest BCUT2D eigenvalue weighted by Crippen LogP contribution is 2.24. The lowest BCUT2D eigenvalue weighted by Gasteiger charge is -2.20. The molecule has 2 heterocycles. The number of ether oxygens (including phenoxy) is 1. The van der Waals surface area contributed by atoms with Crippen molar-refractivity contribution in [2.24, 2.45) is 0 Å². The molecule has 0 fully saturated rings. The number of aliphatic hydroxyl groups is 1. The molecule has 7 nitrogen and oxygen atoms in total. The van der Waals surface area contributed by atoms with Gasteiger partial charge < -0.3 is 14.4 Å². The first-order valence-corrected chi connectivity index (χ1v) is 7.47. The minimum absolute atomic E-state index is 0.141. The molecule has 0 amide bonds. The molecule has 2 aliphatic heterocycles. The van der Waals surface area contributed by atoms with Gasteiger partial charge in [0.1, 0.15) is 11.3 Å². The molecule has 0 aliphatic carbocycles. The van der Waals surface area contributed by atoms with E-state index in [2.05, 4.69) is 10.2 Å². The second-order valence-electron chi connectivity index (χ2n) is 5.45. The van der Waals surface area contributed by atoms with Crippen molar-refractivity contribution in [1.29, 1.82) is 0 Å². The largest absolute Gasteiger partial charge is 0.465 e. The summed E-state index contributed by atoms with van der Waals surface area (Å²) in [7, 11) is 1.27. The average Bonchev–Trinajstić information content (AvgIpc) is 3.00. The highest BCUT2D eigenvalue weighted by atomic mass is 16.5. The zero-order valence-corrected chi connectivity index (χ0v) is 13.1. The van der Waals surface area contributed by atoms with Gasteiger partial charge in [0.15, 0.2) is 0 Å². The number of hydrogen-bond acceptors (Lipinski definition) is 5. The van der Waals surface area contributed by atoms with Crippen molar-refractivity contribution in [3.05, 3.63) is 64.2 Å². The van der Waals surface area contributed by atoms with Gasteiger partial charge in [-0.1, -0.05) is 30.3 Å². The second-order valence-corrected chi connectivity index (χ2v) is 5.45. The van der Waals surface area contributed by atoms with Crippen LogP contribution in [0.3, 0.4) is 0 Å². The molecule has 1 aromatic rings. The summed E-state index contributed by atoms with van der Waals surface area (Å²) in [6, 6.07) is 9.35. The van der Waals surface area contributed by atoms with Gasteiger partial charge in [-0.25, -0.2) is 9.89 Å². The van der Waals surface area contributed by atoms with E-state index < -0.39 is 5.97 Å². The molecule has 2 N–H and O–H groups in total. The Bertz CT molecular complexity index is 869. The zero-order chi connectivity index (χ0) is 17.1. The third-order valence-electron chi connectivity index (χ3n) is 3.93. The van der Waals surface area contributed by atoms with Crippen molar-refractivity contribution in [2.75, 3.05) is 13.7 Å². The first-order valence-electron chi connectivity index (χ1n) is 7.47. The average molecular weight is 327 g/mol. The normalized spacial score (nSPS) is 12.2. The summed E-state index contributed by atoms with van der Waals surface area (Å²) < 4.78 is 6.43. The lowest BCUT2D eigenvalue weighted by atomic mass is 10.0. The van der Waals surface area contributed by atoms with E-state index in [9.17, 15) is 14.7 Å². The molecule has 0 aromatic heterocycles. The van der Waals surface area contributed by atoms with Crippen molar-refractivity contribution in [3.8, 4) is 11.3 Å². The first-order chi connectivity index (χ1) is 11.6. The topological polar surface area (TPSA) is 97.2 Å². The molecule has 0 bridgehead atoms. The third-order valence-corrected chi connectivity index (χ3v) is 3.93. The molecule has 1 aromatic carbocycles. The molecule has 7 heteroatoms. The van der Waals surface area contributed by atoms with Gasteiger partial charge in [-0.05, 0) is 12.0 Å². The van der Waals surface area contributed by atoms with Crippen LogP contribution in [0.15, 0.2) is 47.5 Å². The Balaban J connectivity index is 2.06. The van der Waals surface area contributed by atoms with E-state index >= 15 is 0 Å². The highest BCUT2D eigenvalue weighted by molar-refractivity contribution is 5.95. The molecule has 1 atom stereocenters. The van der Waals surface area contributed by atoms with Gasteiger partial charge in [-0.3, -0.25) is 4.79 Å². The zero-order valence-electron chi connectivity index (χ0n) is 13.1. The Morgan fingerprint density at radius 3 is 2.75 bits per heavy atom. The Morgan fingerprint density at radius 2 is 2.08 bits per heavy atom. The van der Waals surface area contributed by atoms with Gasteiger partial charge in [-0.2, -0.15) is 5.10 Å². The van der Waals surface area contributed by atoms with E-state index in [1.165, 1.54) is 7.11 Å². The number of methoxy groups -OCH3 is 1. The van der Waals surface area contributed by atoms with Crippen LogP contribution < -0.4 is 5.56 Å². The predicted molar refractivity (Wildman–Crippen MR) is 87.1 cm³/mol. The van der Waals surface area contributed by atoms with Gasteiger partial charge in [0.05, 0.1) is 25.3 Å². The summed E-state index contributed by atoms with van der Waals surface area (Å²) >= 11 is 0. The van der Waals surface area contributed by atoms with Gasteiger partial charge in [0.25, 0.3) is 5.56 Å². The van der Waals surface area contributed by atoms with Gasteiger partial charge >= 0.3 is 5.97 Å². The smallest absolute Gasteiger partial charge is 0.341 e. The number of aliphatic hydroxyl groups excluding tert-OH is 1. The minimum Gasteiger partial charge on any atom is -0.465 e. The number of benzene rings is 1. The lowest BCUT2D eigenvalue weighted by Crippen LogP contribution is -2.20. The highest BCUT2D eigenvalue weighted by Gasteiger charge is 2.23. The van der Waals surface area contributed by atoms with E-state index in [0.29, 0.717) is 6.42 Å². The van der Waals surface area contributed by atoms with Crippen LogP contribution in [0.1, 0.15) is 22.0 Å². The summed E-state index contributed by atoms with van der Waals surface area (Å²) in [6.07, 6.45) is 3.70. The minimum atomic E-state index is -0.586. The van der Waals surface area contributed by atoms with Gasteiger partial charge in [-0.15, -0.1) is 0 Å². The van der Waals surface area contributed by atoms with Crippen molar-refractivity contribution in [2.45, 2.75) is 12.5 Å². The van der Waals surface area contributed by atoms with Crippen molar-refractivity contribution in [3.63, 3.8) is 0 Å². The van der Waals surface area contributed by atoms with Crippen LogP contribution in [-0.2, 0) is 11.2 Å². The molecular weight excluding hydrogens is 310 g/mol. The molecule has 3 rings (SSSR count). The number of esters is 1. The van der Waals surface area contributed by atoms with E-state index in [0.717, 1.165) is 5.56 Å². The molecule has 0 spiro atoms. The van der Waals surface area contributed by atoms with E-state index in [1.54, 1.807) is 17.0 Å². The number of hydrogen-bond donors (Lipinski definition) is 2.